The lowest BCUT2D eigenvalue weighted by Gasteiger charge is -2.10. The van der Waals surface area contributed by atoms with Crippen LogP contribution in [0, 0.1) is 15.9 Å². The van der Waals surface area contributed by atoms with E-state index in [-0.39, 0.29) is 27.9 Å². The molecule has 0 bridgehead atoms. The van der Waals surface area contributed by atoms with Crippen molar-refractivity contribution in [2.45, 2.75) is 6.42 Å². The van der Waals surface area contributed by atoms with E-state index in [1.165, 1.54) is 12.1 Å². The lowest BCUT2D eigenvalue weighted by atomic mass is 10.1. The fourth-order valence-corrected chi connectivity index (χ4v) is 2.76. The van der Waals surface area contributed by atoms with Crippen LogP contribution in [0.5, 0.6) is 5.75 Å². The molecule has 9 nitrogen and oxygen atoms in total. The van der Waals surface area contributed by atoms with E-state index in [1.807, 2.05) is 0 Å². The van der Waals surface area contributed by atoms with Crippen molar-refractivity contribution in [1.82, 2.24) is 10.0 Å². The molecule has 3 aromatic rings. The largest absolute Gasteiger partial charge is 0.502 e. The van der Waals surface area contributed by atoms with Gasteiger partial charge in [0.25, 0.3) is 11.5 Å². The van der Waals surface area contributed by atoms with E-state index in [1.54, 1.807) is 12.1 Å². The molecule has 3 rings (SSSR count). The van der Waals surface area contributed by atoms with Crippen molar-refractivity contribution >= 4 is 22.4 Å². The van der Waals surface area contributed by atoms with Crippen molar-refractivity contribution in [3.8, 4) is 5.75 Å². The minimum Gasteiger partial charge on any atom is -0.502 e. The van der Waals surface area contributed by atoms with E-state index in [0.717, 1.165) is 23.9 Å². The van der Waals surface area contributed by atoms with Gasteiger partial charge in [-0.25, -0.2) is 4.39 Å². The minimum atomic E-state index is -1.04. The lowest BCUT2D eigenvalue weighted by Crippen LogP contribution is -2.33. The van der Waals surface area contributed by atoms with Crippen LogP contribution in [0.3, 0.4) is 0 Å². The number of aromatic nitrogens is 1. The van der Waals surface area contributed by atoms with Crippen LogP contribution in [0.2, 0.25) is 0 Å². The standard InChI is InChI=1S/C18H14FN3O6/c19-12-3-1-10(2-4-12)5-6-20-17(24)16-13-8-15(23)14(22(27)28)7-11(13)9-21(26)18(16)25/h1-4,7-9,23,26H,5-6H2,(H,20,24). The number of benzene rings is 2. The summed E-state index contributed by atoms with van der Waals surface area (Å²) in [6.07, 6.45) is 1.28. The predicted octanol–water partition coefficient (Wildman–Crippen LogP) is 1.96. The Hall–Kier alpha value is -3.95. The summed E-state index contributed by atoms with van der Waals surface area (Å²) in [5.41, 5.74) is -1.38. The SMILES string of the molecule is O=C(NCCc1ccc(F)cc1)c1c(=O)n(O)cc2cc([N+](=O)[O-])c(O)cc12. The molecule has 2 aromatic carbocycles. The van der Waals surface area contributed by atoms with Crippen molar-refractivity contribution in [2.75, 3.05) is 6.54 Å². The summed E-state index contributed by atoms with van der Waals surface area (Å²) in [6, 6.07) is 7.55. The maximum absolute atomic E-state index is 12.9. The quantitative estimate of drug-likeness (QED) is 0.348. The number of halogens is 1. The highest BCUT2D eigenvalue weighted by molar-refractivity contribution is 6.07. The monoisotopic (exact) mass is 387 g/mol. The second-order valence-corrected chi connectivity index (χ2v) is 5.97. The van der Waals surface area contributed by atoms with E-state index >= 15 is 0 Å². The Morgan fingerprint density at radius 2 is 1.93 bits per heavy atom. The second-order valence-electron chi connectivity index (χ2n) is 5.97. The van der Waals surface area contributed by atoms with Crippen LogP contribution in [-0.4, -0.2) is 32.4 Å². The molecule has 1 amide bonds. The van der Waals surface area contributed by atoms with Gasteiger partial charge < -0.3 is 15.6 Å². The van der Waals surface area contributed by atoms with Gasteiger partial charge in [-0.05, 0) is 30.2 Å². The van der Waals surface area contributed by atoms with Crippen LogP contribution < -0.4 is 10.9 Å². The number of phenolic OH excluding ortho intramolecular Hbond substituents is 1. The van der Waals surface area contributed by atoms with Gasteiger partial charge in [0, 0.05) is 23.4 Å². The number of carbonyl (C=O) groups is 1. The molecule has 0 spiro atoms. The zero-order valence-corrected chi connectivity index (χ0v) is 14.3. The van der Waals surface area contributed by atoms with Crippen LogP contribution >= 0.6 is 0 Å². The van der Waals surface area contributed by atoms with Crippen LogP contribution in [0.4, 0.5) is 10.1 Å². The Balaban J connectivity index is 1.92. The number of rotatable bonds is 5. The van der Waals surface area contributed by atoms with Crippen molar-refractivity contribution in [3.05, 3.63) is 80.0 Å². The molecule has 144 valence electrons. The highest BCUT2D eigenvalue weighted by Gasteiger charge is 2.22. The lowest BCUT2D eigenvalue weighted by molar-refractivity contribution is -0.385. The van der Waals surface area contributed by atoms with Gasteiger partial charge >= 0.3 is 5.69 Å². The third kappa shape index (κ3) is 3.61. The van der Waals surface area contributed by atoms with Crippen molar-refractivity contribution < 1.29 is 24.4 Å². The van der Waals surface area contributed by atoms with Crippen molar-refractivity contribution in [2.24, 2.45) is 0 Å². The molecule has 0 aliphatic heterocycles. The van der Waals surface area contributed by atoms with Crippen LogP contribution in [-0.2, 0) is 6.42 Å². The molecule has 0 saturated carbocycles. The first-order valence-electron chi connectivity index (χ1n) is 8.06. The Morgan fingerprint density at radius 1 is 1.25 bits per heavy atom. The number of hydrogen-bond donors (Lipinski definition) is 3. The first kappa shape index (κ1) is 18.8. The number of hydrogen-bond acceptors (Lipinski definition) is 6. The zero-order chi connectivity index (χ0) is 20.4. The highest BCUT2D eigenvalue weighted by atomic mass is 19.1. The number of nitrogens with zero attached hydrogens (tertiary/aromatic N) is 2. The van der Waals surface area contributed by atoms with E-state index in [2.05, 4.69) is 5.32 Å². The topological polar surface area (TPSA) is 135 Å². The molecule has 0 radical (unpaired) electrons. The molecule has 0 atom stereocenters. The van der Waals surface area contributed by atoms with E-state index in [4.69, 9.17) is 0 Å². The number of amides is 1. The summed E-state index contributed by atoms with van der Waals surface area (Å²) in [5, 5.41) is 33.0. The molecule has 0 fully saturated rings. The molecule has 0 saturated heterocycles. The van der Waals surface area contributed by atoms with Gasteiger partial charge in [-0.2, -0.15) is 4.73 Å². The van der Waals surface area contributed by atoms with E-state index < -0.39 is 33.4 Å². The maximum atomic E-state index is 12.9. The van der Waals surface area contributed by atoms with Gasteiger partial charge in [0.1, 0.15) is 11.4 Å². The molecule has 28 heavy (non-hydrogen) atoms. The molecular weight excluding hydrogens is 373 g/mol. The molecular formula is C18H14FN3O6. The van der Waals surface area contributed by atoms with Gasteiger partial charge in [-0.3, -0.25) is 19.7 Å². The van der Waals surface area contributed by atoms with E-state index in [0.29, 0.717) is 6.42 Å². The van der Waals surface area contributed by atoms with Crippen LogP contribution in [0.25, 0.3) is 10.8 Å². The number of fused-ring (bicyclic) bond motifs is 1. The molecule has 0 aliphatic carbocycles. The van der Waals surface area contributed by atoms with Gasteiger partial charge in [0.05, 0.1) is 11.1 Å². The fourth-order valence-electron chi connectivity index (χ4n) is 2.76. The van der Waals surface area contributed by atoms with Gasteiger partial charge in [0.15, 0.2) is 5.75 Å². The summed E-state index contributed by atoms with van der Waals surface area (Å²) in [7, 11) is 0. The second kappa shape index (κ2) is 7.35. The number of nitro benzene ring substituents is 1. The van der Waals surface area contributed by atoms with Crippen LogP contribution in [0.15, 0.2) is 47.4 Å². The van der Waals surface area contributed by atoms with Crippen molar-refractivity contribution in [1.29, 1.82) is 0 Å². The molecule has 1 heterocycles. The summed E-state index contributed by atoms with van der Waals surface area (Å²) >= 11 is 0. The zero-order valence-electron chi connectivity index (χ0n) is 14.3. The predicted molar refractivity (Wildman–Crippen MR) is 96.1 cm³/mol. The first-order chi connectivity index (χ1) is 13.3. The van der Waals surface area contributed by atoms with E-state index in [9.17, 15) is 34.4 Å². The fraction of sp³-hybridized carbons (Fsp3) is 0.111. The number of pyridine rings is 1. The Kier molecular flexibility index (Phi) is 4.94. The van der Waals surface area contributed by atoms with Gasteiger partial charge in [-0.1, -0.05) is 12.1 Å². The summed E-state index contributed by atoms with van der Waals surface area (Å²) in [5.74, 6) is -1.93. The molecule has 3 N–H and O–H groups in total. The highest BCUT2D eigenvalue weighted by Crippen LogP contribution is 2.31. The Bertz CT molecular complexity index is 1140. The van der Waals surface area contributed by atoms with Gasteiger partial charge in [0.2, 0.25) is 0 Å². The summed E-state index contributed by atoms with van der Waals surface area (Å²) in [6.45, 7) is 0.116. The number of aromatic hydroxyl groups is 1. The molecule has 1 aromatic heterocycles. The maximum Gasteiger partial charge on any atom is 0.311 e. The Labute approximate surface area is 156 Å². The number of nitro groups is 1. The smallest absolute Gasteiger partial charge is 0.311 e. The molecule has 0 unspecified atom stereocenters. The summed E-state index contributed by atoms with van der Waals surface area (Å²) < 4.78 is 13.1. The van der Waals surface area contributed by atoms with Crippen LogP contribution in [0.1, 0.15) is 15.9 Å². The summed E-state index contributed by atoms with van der Waals surface area (Å²) in [4.78, 5) is 34.8. The minimum absolute atomic E-state index is 0.0234. The number of phenols is 1. The number of carbonyl (C=O) groups excluding carboxylic acids is 1. The third-order valence-corrected chi connectivity index (χ3v) is 4.14. The average molecular weight is 387 g/mol. The van der Waals surface area contributed by atoms with Crippen molar-refractivity contribution in [3.63, 3.8) is 0 Å². The molecule has 0 aliphatic rings. The Morgan fingerprint density at radius 3 is 2.57 bits per heavy atom. The normalized spacial score (nSPS) is 10.8. The third-order valence-electron chi connectivity index (χ3n) is 4.14. The van der Waals surface area contributed by atoms with Gasteiger partial charge in [-0.15, -0.1) is 0 Å². The molecule has 10 heteroatoms. The first-order valence-corrected chi connectivity index (χ1v) is 8.06. The number of nitrogens with one attached hydrogen (secondary N) is 1. The average Bonchev–Trinajstić information content (AvgIpc) is 2.64.